The minimum atomic E-state index is -0.0689. The van der Waals surface area contributed by atoms with Gasteiger partial charge in [0.2, 0.25) is 0 Å². The smallest absolute Gasteiger partial charge is 0.251 e. The highest BCUT2D eigenvalue weighted by atomic mass is 35.5. The SMILES string of the molecule is O=C(NCCN(CCNc1ccnc2cc(Cl)ccc12)CCNc1ccnc2cc(Cl)ccc12)c1ccccc1. The van der Waals surface area contributed by atoms with E-state index in [2.05, 4.69) is 30.8 Å². The van der Waals surface area contributed by atoms with Gasteiger partial charge in [0, 0.05) is 89.4 Å². The maximum absolute atomic E-state index is 12.5. The molecule has 2 heterocycles. The van der Waals surface area contributed by atoms with Crippen LogP contribution in [0.3, 0.4) is 0 Å². The third kappa shape index (κ3) is 7.18. The Labute approximate surface area is 243 Å². The number of hydrogen-bond donors (Lipinski definition) is 3. The third-order valence-electron chi connectivity index (χ3n) is 6.65. The Morgan fingerprint density at radius 1 is 0.675 bits per heavy atom. The average molecular weight is 574 g/mol. The van der Waals surface area contributed by atoms with Crippen LogP contribution in [0.4, 0.5) is 11.4 Å². The van der Waals surface area contributed by atoms with E-state index < -0.39 is 0 Å². The number of amides is 1. The molecule has 9 heteroatoms. The molecule has 0 aliphatic rings. The normalized spacial score (nSPS) is 11.2. The van der Waals surface area contributed by atoms with E-state index in [1.54, 1.807) is 12.4 Å². The Balaban J connectivity index is 1.21. The molecule has 3 aromatic carbocycles. The number of halogens is 2. The second-order valence-corrected chi connectivity index (χ2v) is 10.2. The summed E-state index contributed by atoms with van der Waals surface area (Å²) in [7, 11) is 0. The molecule has 40 heavy (non-hydrogen) atoms. The van der Waals surface area contributed by atoms with E-state index in [4.69, 9.17) is 23.2 Å². The fourth-order valence-corrected chi connectivity index (χ4v) is 4.94. The second kappa shape index (κ2) is 13.4. The molecular weight excluding hydrogens is 543 g/mol. The molecule has 3 N–H and O–H groups in total. The van der Waals surface area contributed by atoms with Gasteiger partial charge in [0.05, 0.1) is 11.0 Å². The van der Waals surface area contributed by atoms with Gasteiger partial charge in [0.1, 0.15) is 0 Å². The number of nitrogens with zero attached hydrogens (tertiary/aromatic N) is 3. The quantitative estimate of drug-likeness (QED) is 0.162. The zero-order chi connectivity index (χ0) is 27.7. The van der Waals surface area contributed by atoms with E-state index in [0.29, 0.717) is 28.7 Å². The molecule has 2 aromatic heterocycles. The minimum absolute atomic E-state index is 0.0689. The topological polar surface area (TPSA) is 82.2 Å². The van der Waals surface area contributed by atoms with Crippen molar-refractivity contribution in [1.29, 1.82) is 0 Å². The number of carbonyl (C=O) groups excluding carboxylic acids is 1. The molecule has 0 saturated heterocycles. The highest BCUT2D eigenvalue weighted by molar-refractivity contribution is 6.31. The lowest BCUT2D eigenvalue weighted by atomic mass is 10.2. The van der Waals surface area contributed by atoms with Crippen molar-refractivity contribution < 1.29 is 4.79 Å². The molecule has 0 aliphatic heterocycles. The summed E-state index contributed by atoms with van der Waals surface area (Å²) < 4.78 is 0. The molecule has 5 rings (SSSR count). The lowest BCUT2D eigenvalue weighted by molar-refractivity contribution is 0.0949. The van der Waals surface area contributed by atoms with E-state index in [-0.39, 0.29) is 5.91 Å². The molecule has 5 aromatic rings. The van der Waals surface area contributed by atoms with Crippen LogP contribution in [0.1, 0.15) is 10.4 Å². The molecule has 0 saturated carbocycles. The van der Waals surface area contributed by atoms with Gasteiger partial charge in [-0.05, 0) is 60.7 Å². The number of pyridine rings is 2. The molecule has 0 unspecified atom stereocenters. The zero-order valence-corrected chi connectivity index (χ0v) is 23.4. The van der Waals surface area contributed by atoms with E-state index >= 15 is 0 Å². The number of nitrogens with one attached hydrogen (secondary N) is 3. The van der Waals surface area contributed by atoms with Crippen LogP contribution in [0.2, 0.25) is 10.0 Å². The van der Waals surface area contributed by atoms with Crippen molar-refractivity contribution in [2.45, 2.75) is 0 Å². The standard InChI is InChI=1S/C31H30Cl2N6O/c32-23-6-8-25-27(10-12-34-29(25)20-23)36-14-17-39(19-16-38-31(40)22-4-2-1-3-5-22)18-15-37-28-11-13-35-30-21-24(33)7-9-26(28)30/h1-13,20-21H,14-19H2,(H,34,36)(H,35,37)(H,38,40). The monoisotopic (exact) mass is 572 g/mol. The van der Waals surface area contributed by atoms with Gasteiger partial charge in [-0.15, -0.1) is 0 Å². The van der Waals surface area contributed by atoms with Crippen LogP contribution in [0.25, 0.3) is 21.8 Å². The maximum Gasteiger partial charge on any atom is 0.251 e. The molecule has 0 atom stereocenters. The van der Waals surface area contributed by atoms with Gasteiger partial charge >= 0.3 is 0 Å². The molecule has 204 valence electrons. The van der Waals surface area contributed by atoms with Gasteiger partial charge in [-0.3, -0.25) is 19.7 Å². The van der Waals surface area contributed by atoms with Crippen molar-refractivity contribution in [3.05, 3.63) is 107 Å². The molecule has 0 spiro atoms. The van der Waals surface area contributed by atoms with Gasteiger partial charge in [-0.1, -0.05) is 41.4 Å². The minimum Gasteiger partial charge on any atom is -0.383 e. The molecule has 1 amide bonds. The van der Waals surface area contributed by atoms with Crippen molar-refractivity contribution in [3.63, 3.8) is 0 Å². The summed E-state index contributed by atoms with van der Waals surface area (Å²) in [6, 6.07) is 24.7. The Morgan fingerprint density at radius 3 is 1.75 bits per heavy atom. The summed E-state index contributed by atoms with van der Waals surface area (Å²) in [6.07, 6.45) is 3.57. The fourth-order valence-electron chi connectivity index (χ4n) is 4.60. The number of aromatic nitrogens is 2. The lowest BCUT2D eigenvalue weighted by Gasteiger charge is -2.24. The van der Waals surface area contributed by atoms with Crippen LogP contribution in [-0.2, 0) is 0 Å². The third-order valence-corrected chi connectivity index (χ3v) is 7.12. The number of fused-ring (bicyclic) bond motifs is 2. The first-order valence-electron chi connectivity index (χ1n) is 13.2. The van der Waals surface area contributed by atoms with Gasteiger partial charge < -0.3 is 16.0 Å². The van der Waals surface area contributed by atoms with Gasteiger partial charge in [0.15, 0.2) is 0 Å². The van der Waals surface area contributed by atoms with E-state index in [0.717, 1.165) is 59.4 Å². The number of anilines is 2. The Hall–Kier alpha value is -3.91. The highest BCUT2D eigenvalue weighted by Crippen LogP contribution is 2.25. The Bertz CT molecular complexity index is 1510. The number of rotatable bonds is 12. The van der Waals surface area contributed by atoms with Gasteiger partial charge in [-0.25, -0.2) is 0 Å². The summed E-state index contributed by atoms with van der Waals surface area (Å²) in [5.74, 6) is -0.0689. The van der Waals surface area contributed by atoms with Crippen molar-refractivity contribution in [3.8, 4) is 0 Å². The van der Waals surface area contributed by atoms with Gasteiger partial charge in [-0.2, -0.15) is 0 Å². The molecular formula is C31H30Cl2N6O. The first-order chi connectivity index (χ1) is 19.6. The molecule has 7 nitrogen and oxygen atoms in total. The van der Waals surface area contributed by atoms with Crippen LogP contribution in [0, 0.1) is 0 Å². The van der Waals surface area contributed by atoms with Crippen LogP contribution in [-0.4, -0.2) is 60.0 Å². The van der Waals surface area contributed by atoms with Crippen LogP contribution < -0.4 is 16.0 Å². The predicted octanol–water partition coefficient (Wildman–Crippen LogP) is 6.35. The van der Waals surface area contributed by atoms with Crippen LogP contribution in [0.15, 0.2) is 91.3 Å². The molecule has 0 aliphatic carbocycles. The van der Waals surface area contributed by atoms with E-state index in [1.165, 1.54) is 0 Å². The first-order valence-corrected chi connectivity index (χ1v) is 13.9. The maximum atomic E-state index is 12.5. The summed E-state index contributed by atoms with van der Waals surface area (Å²) in [5, 5.41) is 13.5. The molecule has 0 bridgehead atoms. The summed E-state index contributed by atoms with van der Waals surface area (Å²) in [6.45, 7) is 4.28. The predicted molar refractivity (Wildman–Crippen MR) is 166 cm³/mol. The van der Waals surface area contributed by atoms with Crippen LogP contribution >= 0.6 is 23.2 Å². The highest BCUT2D eigenvalue weighted by Gasteiger charge is 2.10. The Kier molecular flexibility index (Phi) is 9.29. The Morgan fingerprint density at radius 2 is 1.20 bits per heavy atom. The van der Waals surface area contributed by atoms with Gasteiger partial charge in [0.25, 0.3) is 5.91 Å². The summed E-state index contributed by atoms with van der Waals surface area (Å²) in [4.78, 5) is 23.7. The van der Waals surface area contributed by atoms with Crippen LogP contribution in [0.5, 0.6) is 0 Å². The molecule has 0 radical (unpaired) electrons. The zero-order valence-electron chi connectivity index (χ0n) is 21.9. The average Bonchev–Trinajstić information content (AvgIpc) is 2.97. The van der Waals surface area contributed by atoms with Crippen molar-refractivity contribution in [2.75, 3.05) is 49.9 Å². The molecule has 0 fully saturated rings. The first kappa shape index (κ1) is 27.6. The van der Waals surface area contributed by atoms with E-state index in [1.807, 2.05) is 78.9 Å². The largest absolute Gasteiger partial charge is 0.383 e. The van der Waals surface area contributed by atoms with Crippen molar-refractivity contribution >= 4 is 62.3 Å². The number of benzene rings is 3. The second-order valence-electron chi connectivity index (χ2n) is 9.36. The number of hydrogen-bond acceptors (Lipinski definition) is 6. The van der Waals surface area contributed by atoms with Crippen molar-refractivity contribution in [1.82, 2.24) is 20.2 Å². The number of carbonyl (C=O) groups is 1. The lowest BCUT2D eigenvalue weighted by Crippen LogP contribution is -2.39. The van der Waals surface area contributed by atoms with Crippen molar-refractivity contribution in [2.24, 2.45) is 0 Å². The summed E-state index contributed by atoms with van der Waals surface area (Å²) in [5.41, 5.74) is 4.39. The summed E-state index contributed by atoms with van der Waals surface area (Å²) >= 11 is 12.3. The van der Waals surface area contributed by atoms with E-state index in [9.17, 15) is 4.79 Å². The fraction of sp³-hybridized carbons (Fsp3) is 0.194.